The molecule has 4 nitrogen and oxygen atoms in total. The van der Waals surface area contributed by atoms with Crippen LogP contribution in [0.15, 0.2) is 60.7 Å². The molecule has 1 aliphatic carbocycles. The Morgan fingerprint density at radius 1 is 1.07 bits per heavy atom. The number of carbonyl (C=O) groups is 2. The molecule has 1 N–H and O–H groups in total. The fourth-order valence-electron chi connectivity index (χ4n) is 2.86. The van der Waals surface area contributed by atoms with Crippen molar-refractivity contribution in [1.82, 2.24) is 10.2 Å². The molecule has 27 heavy (non-hydrogen) atoms. The maximum Gasteiger partial charge on any atom is 0.251 e. The second-order valence-corrected chi connectivity index (χ2v) is 6.95. The largest absolute Gasteiger partial charge is 0.349 e. The first-order valence-electron chi connectivity index (χ1n) is 9.57. The number of rotatable bonds is 8. The minimum absolute atomic E-state index is 0.00347. The highest BCUT2D eigenvalue weighted by molar-refractivity contribution is 5.95. The number of hydrogen-bond acceptors (Lipinski definition) is 2. The Labute approximate surface area is 160 Å². The summed E-state index contributed by atoms with van der Waals surface area (Å²) in [4.78, 5) is 26.5. The lowest BCUT2D eigenvalue weighted by Crippen LogP contribution is -2.29. The van der Waals surface area contributed by atoms with E-state index in [4.69, 9.17) is 0 Å². The van der Waals surface area contributed by atoms with Crippen molar-refractivity contribution in [2.75, 3.05) is 6.54 Å². The predicted molar refractivity (Wildman–Crippen MR) is 108 cm³/mol. The van der Waals surface area contributed by atoms with Crippen molar-refractivity contribution in [3.63, 3.8) is 0 Å². The standard InChI is InChI=1S/C23H26N2O2/c1-2-16-25(17-19-6-4-3-5-7-19)22(26)15-10-18-8-11-20(12-9-18)23(27)24-21-13-14-21/h3-12,15,21H,2,13-14,16-17H2,1H3,(H,24,27)/b15-10+. The van der Waals surface area contributed by atoms with Crippen LogP contribution in [-0.4, -0.2) is 29.3 Å². The van der Waals surface area contributed by atoms with E-state index in [0.717, 1.165) is 36.9 Å². The molecule has 0 radical (unpaired) electrons. The highest BCUT2D eigenvalue weighted by Gasteiger charge is 2.23. The first-order chi connectivity index (χ1) is 13.2. The highest BCUT2D eigenvalue weighted by atomic mass is 16.2. The summed E-state index contributed by atoms with van der Waals surface area (Å²) in [6.07, 6.45) is 6.48. The normalized spacial score (nSPS) is 13.5. The van der Waals surface area contributed by atoms with Crippen molar-refractivity contribution in [3.8, 4) is 0 Å². The monoisotopic (exact) mass is 362 g/mol. The molecule has 140 valence electrons. The smallest absolute Gasteiger partial charge is 0.251 e. The maximum absolute atomic E-state index is 12.6. The van der Waals surface area contributed by atoms with Gasteiger partial charge in [-0.25, -0.2) is 0 Å². The number of nitrogens with one attached hydrogen (secondary N) is 1. The second kappa shape index (κ2) is 9.17. The van der Waals surface area contributed by atoms with Crippen molar-refractivity contribution in [3.05, 3.63) is 77.4 Å². The highest BCUT2D eigenvalue weighted by Crippen LogP contribution is 2.19. The zero-order valence-corrected chi connectivity index (χ0v) is 15.7. The molecular weight excluding hydrogens is 336 g/mol. The summed E-state index contributed by atoms with van der Waals surface area (Å²) in [5.41, 5.74) is 2.68. The van der Waals surface area contributed by atoms with Crippen LogP contribution in [0.2, 0.25) is 0 Å². The van der Waals surface area contributed by atoms with E-state index in [0.29, 0.717) is 18.2 Å². The Kier molecular flexibility index (Phi) is 6.42. The van der Waals surface area contributed by atoms with Gasteiger partial charge in [-0.2, -0.15) is 0 Å². The van der Waals surface area contributed by atoms with E-state index in [1.807, 2.05) is 47.4 Å². The summed E-state index contributed by atoms with van der Waals surface area (Å²) < 4.78 is 0. The molecule has 0 saturated heterocycles. The summed E-state index contributed by atoms with van der Waals surface area (Å²) in [6, 6.07) is 17.7. The van der Waals surface area contributed by atoms with Gasteiger partial charge in [0.25, 0.3) is 5.91 Å². The molecular formula is C23H26N2O2. The lowest BCUT2D eigenvalue weighted by molar-refractivity contribution is -0.126. The van der Waals surface area contributed by atoms with Crippen LogP contribution in [0.3, 0.4) is 0 Å². The molecule has 0 heterocycles. The molecule has 1 fully saturated rings. The van der Waals surface area contributed by atoms with Gasteiger partial charge in [0, 0.05) is 30.8 Å². The first-order valence-corrected chi connectivity index (χ1v) is 9.57. The quantitative estimate of drug-likeness (QED) is 0.721. The average molecular weight is 362 g/mol. The minimum atomic E-state index is -0.0268. The van der Waals surface area contributed by atoms with Gasteiger partial charge in [-0.05, 0) is 48.6 Å². The SMILES string of the molecule is CCCN(Cc1ccccc1)C(=O)/C=C/c1ccc(C(=O)NC2CC2)cc1. The summed E-state index contributed by atoms with van der Waals surface area (Å²) >= 11 is 0. The number of carbonyl (C=O) groups excluding carboxylic acids is 2. The average Bonchev–Trinajstić information content (AvgIpc) is 3.51. The summed E-state index contributed by atoms with van der Waals surface area (Å²) in [5, 5.41) is 2.97. The number of amides is 2. The Morgan fingerprint density at radius 2 is 1.78 bits per heavy atom. The Bertz CT molecular complexity index is 793. The fourth-order valence-corrected chi connectivity index (χ4v) is 2.86. The third-order valence-electron chi connectivity index (χ3n) is 4.53. The molecule has 0 atom stereocenters. The predicted octanol–water partition coefficient (Wildman–Crippen LogP) is 4.03. The molecule has 4 heteroatoms. The molecule has 3 rings (SSSR count). The van der Waals surface area contributed by atoms with E-state index in [-0.39, 0.29) is 11.8 Å². The van der Waals surface area contributed by atoms with E-state index in [2.05, 4.69) is 12.2 Å². The molecule has 0 bridgehead atoms. The van der Waals surface area contributed by atoms with Gasteiger partial charge in [-0.15, -0.1) is 0 Å². The molecule has 0 unspecified atom stereocenters. The molecule has 2 aromatic carbocycles. The van der Waals surface area contributed by atoms with Crippen molar-refractivity contribution < 1.29 is 9.59 Å². The first kappa shape index (κ1) is 18.9. The van der Waals surface area contributed by atoms with Crippen molar-refractivity contribution in [1.29, 1.82) is 0 Å². The third-order valence-corrected chi connectivity index (χ3v) is 4.53. The fraction of sp³-hybridized carbons (Fsp3) is 0.304. The van der Waals surface area contributed by atoms with Crippen LogP contribution in [0, 0.1) is 0 Å². The summed E-state index contributed by atoms with van der Waals surface area (Å²) in [6.45, 7) is 3.40. The van der Waals surface area contributed by atoms with Gasteiger partial charge in [-0.3, -0.25) is 9.59 Å². The molecule has 0 spiro atoms. The van der Waals surface area contributed by atoms with Crippen LogP contribution >= 0.6 is 0 Å². The Hall–Kier alpha value is -2.88. The van der Waals surface area contributed by atoms with E-state index >= 15 is 0 Å². The molecule has 2 amide bonds. The van der Waals surface area contributed by atoms with E-state index in [9.17, 15) is 9.59 Å². The van der Waals surface area contributed by atoms with Crippen molar-refractivity contribution in [2.45, 2.75) is 38.8 Å². The summed E-state index contributed by atoms with van der Waals surface area (Å²) in [5.74, 6) is -0.0302. The molecule has 0 aliphatic heterocycles. The van der Waals surface area contributed by atoms with Gasteiger partial charge in [-0.1, -0.05) is 49.4 Å². The van der Waals surface area contributed by atoms with Gasteiger partial charge in [0.15, 0.2) is 0 Å². The van der Waals surface area contributed by atoms with Crippen molar-refractivity contribution in [2.24, 2.45) is 0 Å². The topological polar surface area (TPSA) is 49.4 Å². The Morgan fingerprint density at radius 3 is 2.41 bits per heavy atom. The van der Waals surface area contributed by atoms with E-state index < -0.39 is 0 Å². The summed E-state index contributed by atoms with van der Waals surface area (Å²) in [7, 11) is 0. The van der Waals surface area contributed by atoms with Crippen LogP contribution in [0.1, 0.15) is 47.7 Å². The van der Waals surface area contributed by atoms with Crippen LogP contribution in [0.25, 0.3) is 6.08 Å². The number of hydrogen-bond donors (Lipinski definition) is 1. The molecule has 1 saturated carbocycles. The van der Waals surface area contributed by atoms with Gasteiger partial charge in [0.1, 0.15) is 0 Å². The lowest BCUT2D eigenvalue weighted by atomic mass is 10.1. The molecule has 0 aromatic heterocycles. The van der Waals surface area contributed by atoms with Crippen LogP contribution < -0.4 is 5.32 Å². The number of benzene rings is 2. The van der Waals surface area contributed by atoms with E-state index in [1.54, 1.807) is 24.3 Å². The minimum Gasteiger partial charge on any atom is -0.349 e. The van der Waals surface area contributed by atoms with Gasteiger partial charge >= 0.3 is 0 Å². The zero-order valence-electron chi connectivity index (χ0n) is 15.7. The number of nitrogens with zero attached hydrogens (tertiary/aromatic N) is 1. The van der Waals surface area contributed by atoms with Gasteiger partial charge in [0.05, 0.1) is 0 Å². The zero-order chi connectivity index (χ0) is 19.1. The van der Waals surface area contributed by atoms with Crippen LogP contribution in [0.4, 0.5) is 0 Å². The maximum atomic E-state index is 12.6. The molecule has 2 aromatic rings. The third kappa shape index (κ3) is 5.81. The Balaban J connectivity index is 1.60. The van der Waals surface area contributed by atoms with Crippen molar-refractivity contribution >= 4 is 17.9 Å². The van der Waals surface area contributed by atoms with Gasteiger partial charge < -0.3 is 10.2 Å². The van der Waals surface area contributed by atoms with E-state index in [1.165, 1.54) is 0 Å². The van der Waals surface area contributed by atoms with Crippen LogP contribution in [-0.2, 0) is 11.3 Å². The lowest BCUT2D eigenvalue weighted by Gasteiger charge is -2.20. The molecule has 1 aliphatic rings. The van der Waals surface area contributed by atoms with Gasteiger partial charge in [0.2, 0.25) is 5.91 Å². The second-order valence-electron chi connectivity index (χ2n) is 6.95. The van der Waals surface area contributed by atoms with Crippen LogP contribution in [0.5, 0.6) is 0 Å².